The SMILES string of the molecule is Cc1cccc(N)c1NC(=O)C1CC2CC2C1. The average Bonchev–Trinajstić information content (AvgIpc) is 2.91. The molecule has 90 valence electrons. The molecule has 1 aromatic rings. The van der Waals surface area contributed by atoms with Crippen molar-refractivity contribution in [3.8, 4) is 0 Å². The van der Waals surface area contributed by atoms with Crippen LogP contribution in [0.3, 0.4) is 0 Å². The predicted octanol–water partition coefficient (Wildman–Crippen LogP) is 2.56. The van der Waals surface area contributed by atoms with Crippen molar-refractivity contribution in [1.29, 1.82) is 0 Å². The van der Waals surface area contributed by atoms with Crippen molar-refractivity contribution in [2.24, 2.45) is 17.8 Å². The highest BCUT2D eigenvalue weighted by Gasteiger charge is 2.48. The Bertz CT molecular complexity index is 439. The summed E-state index contributed by atoms with van der Waals surface area (Å²) in [6.07, 6.45) is 3.49. The van der Waals surface area contributed by atoms with E-state index in [4.69, 9.17) is 5.73 Å². The summed E-state index contributed by atoms with van der Waals surface area (Å²) in [4.78, 5) is 12.1. The van der Waals surface area contributed by atoms with Crippen molar-refractivity contribution in [1.82, 2.24) is 0 Å². The maximum absolute atomic E-state index is 12.1. The Morgan fingerprint density at radius 1 is 1.29 bits per heavy atom. The second kappa shape index (κ2) is 3.76. The zero-order valence-electron chi connectivity index (χ0n) is 10.1. The number of nitrogens with one attached hydrogen (secondary N) is 1. The van der Waals surface area contributed by atoms with Gasteiger partial charge in [0, 0.05) is 5.92 Å². The summed E-state index contributed by atoms with van der Waals surface area (Å²) in [6, 6.07) is 5.71. The van der Waals surface area contributed by atoms with E-state index in [2.05, 4.69) is 5.32 Å². The molecule has 3 N–H and O–H groups in total. The van der Waals surface area contributed by atoms with Crippen molar-refractivity contribution in [2.45, 2.75) is 26.2 Å². The molecule has 0 radical (unpaired) electrons. The lowest BCUT2D eigenvalue weighted by Crippen LogP contribution is -2.22. The first-order chi connectivity index (χ1) is 8.15. The highest BCUT2D eigenvalue weighted by atomic mass is 16.1. The Labute approximate surface area is 101 Å². The number of amides is 1. The molecule has 0 spiro atoms. The lowest BCUT2D eigenvalue weighted by atomic mass is 10.0. The van der Waals surface area contributed by atoms with Gasteiger partial charge in [-0.1, -0.05) is 12.1 Å². The van der Waals surface area contributed by atoms with Gasteiger partial charge in [0.2, 0.25) is 5.91 Å². The lowest BCUT2D eigenvalue weighted by molar-refractivity contribution is -0.120. The van der Waals surface area contributed by atoms with E-state index in [9.17, 15) is 4.79 Å². The van der Waals surface area contributed by atoms with Crippen molar-refractivity contribution < 1.29 is 4.79 Å². The Morgan fingerprint density at radius 3 is 2.65 bits per heavy atom. The lowest BCUT2D eigenvalue weighted by Gasteiger charge is -2.15. The topological polar surface area (TPSA) is 55.1 Å². The van der Waals surface area contributed by atoms with Crippen LogP contribution in [0.15, 0.2) is 18.2 Å². The molecule has 0 aromatic heterocycles. The number of carbonyl (C=O) groups excluding carboxylic acids is 1. The monoisotopic (exact) mass is 230 g/mol. The first-order valence-corrected chi connectivity index (χ1v) is 6.31. The summed E-state index contributed by atoms with van der Waals surface area (Å²) in [5.41, 5.74) is 8.36. The van der Waals surface area contributed by atoms with Crippen LogP contribution in [0, 0.1) is 24.7 Å². The minimum atomic E-state index is 0.151. The largest absolute Gasteiger partial charge is 0.397 e. The molecule has 3 heteroatoms. The van der Waals surface area contributed by atoms with Crippen LogP contribution in [0.1, 0.15) is 24.8 Å². The molecule has 2 fully saturated rings. The van der Waals surface area contributed by atoms with Crippen LogP contribution in [0.2, 0.25) is 0 Å². The number of anilines is 2. The first-order valence-electron chi connectivity index (χ1n) is 6.31. The summed E-state index contributed by atoms with van der Waals surface area (Å²) >= 11 is 0. The molecule has 3 rings (SSSR count). The van der Waals surface area contributed by atoms with E-state index in [1.807, 2.05) is 25.1 Å². The van der Waals surface area contributed by atoms with Gasteiger partial charge in [-0.3, -0.25) is 4.79 Å². The van der Waals surface area contributed by atoms with Crippen LogP contribution < -0.4 is 11.1 Å². The maximum Gasteiger partial charge on any atom is 0.227 e. The molecule has 2 aliphatic rings. The summed E-state index contributed by atoms with van der Waals surface area (Å²) in [5, 5.41) is 3.00. The fraction of sp³-hybridized carbons (Fsp3) is 0.500. The van der Waals surface area contributed by atoms with Gasteiger partial charge in [-0.2, -0.15) is 0 Å². The Balaban J connectivity index is 1.72. The molecule has 0 aliphatic heterocycles. The highest BCUT2D eigenvalue weighted by molar-refractivity contribution is 5.96. The van der Waals surface area contributed by atoms with Gasteiger partial charge >= 0.3 is 0 Å². The van der Waals surface area contributed by atoms with Crippen molar-refractivity contribution in [3.63, 3.8) is 0 Å². The number of para-hydroxylation sites is 1. The van der Waals surface area contributed by atoms with E-state index in [0.29, 0.717) is 5.69 Å². The van der Waals surface area contributed by atoms with Crippen molar-refractivity contribution >= 4 is 17.3 Å². The second-order valence-corrected chi connectivity index (χ2v) is 5.45. The molecular formula is C14H18N2O. The molecule has 0 bridgehead atoms. The van der Waals surface area contributed by atoms with Gasteiger partial charge in [0.05, 0.1) is 11.4 Å². The Kier molecular flexibility index (Phi) is 2.35. The van der Waals surface area contributed by atoms with Crippen LogP contribution in [-0.2, 0) is 4.79 Å². The summed E-state index contributed by atoms with van der Waals surface area (Å²) in [6.45, 7) is 1.97. The van der Waals surface area contributed by atoms with Crippen LogP contribution >= 0.6 is 0 Å². The molecule has 1 aromatic carbocycles. The van der Waals surface area contributed by atoms with E-state index >= 15 is 0 Å². The minimum Gasteiger partial charge on any atom is -0.397 e. The molecule has 2 atom stereocenters. The number of carbonyl (C=O) groups is 1. The third-order valence-electron chi connectivity index (χ3n) is 4.17. The molecule has 2 saturated carbocycles. The van der Waals surface area contributed by atoms with E-state index in [1.54, 1.807) is 0 Å². The first kappa shape index (κ1) is 10.6. The van der Waals surface area contributed by atoms with Crippen LogP contribution in [0.4, 0.5) is 11.4 Å². The molecule has 0 saturated heterocycles. The third-order valence-corrected chi connectivity index (χ3v) is 4.17. The number of fused-ring (bicyclic) bond motifs is 1. The van der Waals surface area contributed by atoms with Crippen LogP contribution in [0.5, 0.6) is 0 Å². The van der Waals surface area contributed by atoms with E-state index in [0.717, 1.165) is 35.9 Å². The van der Waals surface area contributed by atoms with E-state index in [1.165, 1.54) is 6.42 Å². The van der Waals surface area contributed by atoms with Gasteiger partial charge in [-0.25, -0.2) is 0 Å². The number of aryl methyl sites for hydroxylation is 1. The molecule has 0 heterocycles. The van der Waals surface area contributed by atoms with Crippen LogP contribution in [0.25, 0.3) is 0 Å². The van der Waals surface area contributed by atoms with Crippen LogP contribution in [-0.4, -0.2) is 5.91 Å². The van der Waals surface area contributed by atoms with Gasteiger partial charge in [-0.15, -0.1) is 0 Å². The number of nitrogen functional groups attached to an aromatic ring is 1. The molecule has 1 amide bonds. The predicted molar refractivity (Wildman–Crippen MR) is 68.5 cm³/mol. The maximum atomic E-state index is 12.1. The molecule has 17 heavy (non-hydrogen) atoms. The number of nitrogens with two attached hydrogens (primary N) is 1. The summed E-state index contributed by atoms with van der Waals surface area (Å²) in [7, 11) is 0. The third kappa shape index (κ3) is 1.90. The van der Waals surface area contributed by atoms with Gasteiger partial charge in [-0.05, 0) is 49.7 Å². The standard InChI is InChI=1S/C14H18N2O/c1-8-3-2-4-12(15)13(8)16-14(17)11-6-9-5-10(9)7-11/h2-4,9-11H,5-7,15H2,1H3,(H,16,17). The highest BCUT2D eigenvalue weighted by Crippen LogP contribution is 2.54. The van der Waals surface area contributed by atoms with E-state index in [-0.39, 0.29) is 11.8 Å². The zero-order valence-corrected chi connectivity index (χ0v) is 10.1. The van der Waals surface area contributed by atoms with Gasteiger partial charge in [0.25, 0.3) is 0 Å². The van der Waals surface area contributed by atoms with E-state index < -0.39 is 0 Å². The van der Waals surface area contributed by atoms with Crippen molar-refractivity contribution in [3.05, 3.63) is 23.8 Å². The number of hydrogen-bond acceptors (Lipinski definition) is 2. The smallest absolute Gasteiger partial charge is 0.227 e. The second-order valence-electron chi connectivity index (χ2n) is 5.45. The van der Waals surface area contributed by atoms with Gasteiger partial charge in [0.1, 0.15) is 0 Å². The molecule has 2 unspecified atom stereocenters. The Hall–Kier alpha value is -1.51. The summed E-state index contributed by atoms with van der Waals surface area (Å²) in [5.74, 6) is 2.02. The quantitative estimate of drug-likeness (QED) is 0.767. The minimum absolute atomic E-state index is 0.151. The number of rotatable bonds is 2. The normalized spacial score (nSPS) is 29.8. The number of hydrogen-bond donors (Lipinski definition) is 2. The molecule has 2 aliphatic carbocycles. The molecule has 3 nitrogen and oxygen atoms in total. The number of benzene rings is 1. The average molecular weight is 230 g/mol. The van der Waals surface area contributed by atoms with Crippen molar-refractivity contribution in [2.75, 3.05) is 11.1 Å². The zero-order chi connectivity index (χ0) is 12.0. The van der Waals surface area contributed by atoms with Gasteiger partial charge in [0.15, 0.2) is 0 Å². The fourth-order valence-electron chi connectivity index (χ4n) is 3.02. The Morgan fingerprint density at radius 2 is 2.00 bits per heavy atom. The summed E-state index contributed by atoms with van der Waals surface area (Å²) < 4.78 is 0. The molecular weight excluding hydrogens is 212 g/mol. The van der Waals surface area contributed by atoms with Gasteiger partial charge < -0.3 is 11.1 Å². The fourth-order valence-corrected chi connectivity index (χ4v) is 3.02.